The molecule has 0 aromatic heterocycles. The zero-order chi connectivity index (χ0) is 39.2. The normalized spacial score (nSPS) is 15.2. The molecule has 1 unspecified atom stereocenters. The number of hydrogen-bond acceptors (Lipinski definition) is 3. The van der Waals surface area contributed by atoms with Crippen molar-refractivity contribution in [2.24, 2.45) is 0 Å². The number of rotatable bonds is 5. The van der Waals surface area contributed by atoms with Crippen LogP contribution in [0.1, 0.15) is 40.5 Å². The molecule has 8 aromatic carbocycles. The summed E-state index contributed by atoms with van der Waals surface area (Å²) in [5.41, 5.74) is 4.81. The second-order valence-electron chi connectivity index (χ2n) is 16.0. The molecule has 0 spiro atoms. The Morgan fingerprint density at radius 1 is 0.464 bits per heavy atom. The Hall–Kier alpha value is -5.07. The molecule has 0 N–H and O–H groups in total. The van der Waals surface area contributed by atoms with Crippen molar-refractivity contribution in [1.82, 2.24) is 0 Å². The van der Waals surface area contributed by atoms with Gasteiger partial charge in [-0.1, -0.05) is 169 Å². The fraction of sp³-hybridized carbons (Fsp3) is 0.196. The molecule has 1 saturated heterocycles. The number of fused-ring (bicyclic) bond motifs is 4. The van der Waals surface area contributed by atoms with E-state index in [-0.39, 0.29) is 10.3 Å². The van der Waals surface area contributed by atoms with E-state index in [1.807, 2.05) is 0 Å². The molecule has 0 aliphatic carbocycles. The van der Waals surface area contributed by atoms with E-state index in [4.69, 9.17) is 9.47 Å². The lowest BCUT2D eigenvalue weighted by Crippen LogP contribution is -2.43. The van der Waals surface area contributed by atoms with Crippen molar-refractivity contribution >= 4 is 76.6 Å². The van der Waals surface area contributed by atoms with Gasteiger partial charge < -0.3 is 9.47 Å². The molecule has 0 saturated carbocycles. The minimum absolute atomic E-state index is 0.0802. The maximum atomic E-state index is 12.7. The number of benzene rings is 8. The zero-order valence-corrected chi connectivity index (χ0v) is 35.1. The van der Waals surface area contributed by atoms with Gasteiger partial charge in [0, 0.05) is 35.1 Å². The highest BCUT2D eigenvalue weighted by atomic mass is 31.1. The molecule has 280 valence electrons. The van der Waals surface area contributed by atoms with E-state index in [0.717, 1.165) is 22.6 Å². The van der Waals surface area contributed by atoms with Crippen LogP contribution in [-0.2, 0) is 4.79 Å². The summed E-state index contributed by atoms with van der Waals surface area (Å²) in [7, 11) is 5.72. The van der Waals surface area contributed by atoms with Crippen LogP contribution in [-0.4, -0.2) is 30.3 Å². The summed E-state index contributed by atoms with van der Waals surface area (Å²) in [6.45, 7) is 9.15. The first-order valence-corrected chi connectivity index (χ1v) is 21.2. The van der Waals surface area contributed by atoms with Gasteiger partial charge in [-0.15, -0.1) is 9.24 Å². The van der Waals surface area contributed by atoms with Crippen LogP contribution >= 0.6 is 17.2 Å². The Morgan fingerprint density at radius 2 is 0.821 bits per heavy atom. The van der Waals surface area contributed by atoms with Crippen LogP contribution in [0, 0.1) is 0 Å². The fourth-order valence-electron chi connectivity index (χ4n) is 9.29. The third-order valence-electron chi connectivity index (χ3n) is 11.3. The lowest BCUT2D eigenvalue weighted by atomic mass is 9.93. The van der Waals surface area contributed by atoms with Crippen molar-refractivity contribution in [3.05, 3.63) is 146 Å². The highest BCUT2D eigenvalue weighted by Crippen LogP contribution is 2.65. The number of carbonyl (C=O) groups excluding carboxylic acids is 1. The number of ether oxygens (including phenoxy) is 2. The van der Waals surface area contributed by atoms with E-state index in [0.29, 0.717) is 18.6 Å². The average molecular weight is 771 g/mol. The van der Waals surface area contributed by atoms with Crippen molar-refractivity contribution in [2.75, 3.05) is 14.2 Å². The standard InChI is InChI=1S/C30H31O2P.C21H17OP/c1-29(2)18-22(31)19-30(3,4)33(29)26-17-15-21-11-7-9-13-24(21)28(26)27-23-12-8-6-10-20(23)14-16-25(27)32-5;1-22-18-12-10-14-6-2-4-8-16(14)20(18)21-17-9-5-3-7-15(17)11-13-19(21)23/h6-17H,18-19H2,1-5H3;2-13H,23H2,1H3. The van der Waals surface area contributed by atoms with E-state index in [1.54, 1.807) is 14.2 Å². The van der Waals surface area contributed by atoms with Crippen LogP contribution in [0.2, 0.25) is 0 Å². The third kappa shape index (κ3) is 6.76. The quantitative estimate of drug-likeness (QED) is 0.164. The highest BCUT2D eigenvalue weighted by Gasteiger charge is 2.48. The molecule has 8 aromatic rings. The second kappa shape index (κ2) is 15.1. The Labute approximate surface area is 334 Å². The molecule has 1 fully saturated rings. The van der Waals surface area contributed by atoms with Crippen molar-refractivity contribution < 1.29 is 14.3 Å². The van der Waals surface area contributed by atoms with Crippen LogP contribution < -0.4 is 20.1 Å². The summed E-state index contributed by atoms with van der Waals surface area (Å²) in [6, 6.07) is 51.5. The molecule has 0 bridgehead atoms. The van der Waals surface area contributed by atoms with Gasteiger partial charge in [0.1, 0.15) is 17.3 Å². The first kappa shape index (κ1) is 37.8. The lowest BCUT2D eigenvalue weighted by molar-refractivity contribution is -0.120. The molecule has 5 heteroatoms. The summed E-state index contributed by atoms with van der Waals surface area (Å²) in [4.78, 5) is 12.7. The maximum absolute atomic E-state index is 12.7. The SMILES string of the molecule is COc1ccc2ccccc2c1-c1c(P)ccc2ccccc12.COc1ccc2ccccc2c1-c1c(P2C(C)(C)CC(=O)CC2(C)C)ccc2ccccc12. The van der Waals surface area contributed by atoms with Gasteiger partial charge in [0.05, 0.1) is 14.2 Å². The number of hydrogen-bond donors (Lipinski definition) is 0. The molecular formula is C51H48O3P2. The van der Waals surface area contributed by atoms with Gasteiger partial charge in [-0.3, -0.25) is 4.79 Å². The topological polar surface area (TPSA) is 35.5 Å². The minimum Gasteiger partial charge on any atom is -0.496 e. The number of carbonyl (C=O) groups is 1. The molecule has 56 heavy (non-hydrogen) atoms. The summed E-state index contributed by atoms with van der Waals surface area (Å²) in [6.07, 6.45) is 1.28. The van der Waals surface area contributed by atoms with E-state index in [2.05, 4.69) is 183 Å². The summed E-state index contributed by atoms with van der Waals surface area (Å²) >= 11 is 0. The van der Waals surface area contributed by atoms with Crippen LogP contribution in [0.15, 0.2) is 146 Å². The first-order chi connectivity index (χ1) is 27.0. The Balaban J connectivity index is 0.000000168. The number of Topliss-reactive ketones (excluding diaryl/α,β-unsaturated/α-hetero) is 1. The average Bonchev–Trinajstić information content (AvgIpc) is 3.19. The molecule has 3 nitrogen and oxygen atoms in total. The zero-order valence-electron chi connectivity index (χ0n) is 33.0. The first-order valence-electron chi connectivity index (χ1n) is 19.3. The monoisotopic (exact) mass is 770 g/mol. The third-order valence-corrected chi connectivity index (χ3v) is 15.4. The van der Waals surface area contributed by atoms with Crippen LogP contribution in [0.4, 0.5) is 0 Å². The van der Waals surface area contributed by atoms with Gasteiger partial charge in [-0.2, -0.15) is 0 Å². The van der Waals surface area contributed by atoms with Gasteiger partial charge in [0.2, 0.25) is 0 Å². The molecule has 0 amide bonds. The van der Waals surface area contributed by atoms with E-state index in [9.17, 15) is 4.79 Å². The molecule has 9 rings (SSSR count). The van der Waals surface area contributed by atoms with Gasteiger partial charge in [0.25, 0.3) is 0 Å². The van der Waals surface area contributed by atoms with Crippen molar-refractivity contribution in [3.8, 4) is 33.8 Å². The predicted molar refractivity (Wildman–Crippen MR) is 245 cm³/mol. The van der Waals surface area contributed by atoms with Gasteiger partial charge in [-0.25, -0.2) is 0 Å². The smallest absolute Gasteiger partial charge is 0.134 e. The molecule has 1 aliphatic rings. The van der Waals surface area contributed by atoms with Crippen molar-refractivity contribution in [2.45, 2.75) is 50.8 Å². The minimum atomic E-state index is -0.647. The summed E-state index contributed by atoms with van der Waals surface area (Å²) < 4.78 is 11.7. The van der Waals surface area contributed by atoms with Crippen molar-refractivity contribution in [3.63, 3.8) is 0 Å². The predicted octanol–water partition coefficient (Wildman–Crippen LogP) is 12.9. The molecule has 1 atom stereocenters. The van der Waals surface area contributed by atoms with Gasteiger partial charge in [-0.05, 0) is 76.1 Å². The van der Waals surface area contributed by atoms with Crippen LogP contribution in [0.25, 0.3) is 65.3 Å². The second-order valence-corrected chi connectivity index (χ2v) is 20.2. The van der Waals surface area contributed by atoms with E-state index < -0.39 is 7.92 Å². The summed E-state index contributed by atoms with van der Waals surface area (Å²) in [5, 5.41) is 12.2. The fourth-order valence-corrected chi connectivity index (χ4v) is 14.0. The Kier molecular flexibility index (Phi) is 10.2. The lowest BCUT2D eigenvalue weighted by Gasteiger charge is -2.50. The maximum Gasteiger partial charge on any atom is 0.134 e. The Morgan fingerprint density at radius 3 is 1.27 bits per heavy atom. The van der Waals surface area contributed by atoms with Gasteiger partial charge >= 0.3 is 0 Å². The number of methoxy groups -OCH3 is 2. The molecule has 1 heterocycles. The Bertz CT molecular complexity index is 2760. The van der Waals surface area contributed by atoms with Crippen LogP contribution in [0.3, 0.4) is 0 Å². The largest absolute Gasteiger partial charge is 0.496 e. The van der Waals surface area contributed by atoms with Gasteiger partial charge in [0.15, 0.2) is 0 Å². The number of ketones is 1. The van der Waals surface area contributed by atoms with E-state index >= 15 is 0 Å². The highest BCUT2D eigenvalue weighted by molar-refractivity contribution is 7.69. The van der Waals surface area contributed by atoms with Crippen molar-refractivity contribution in [1.29, 1.82) is 0 Å². The van der Waals surface area contributed by atoms with E-state index in [1.165, 1.54) is 64.8 Å². The summed E-state index contributed by atoms with van der Waals surface area (Å²) in [5.74, 6) is 2.18. The van der Waals surface area contributed by atoms with Crippen LogP contribution in [0.5, 0.6) is 11.5 Å². The molecular weight excluding hydrogens is 723 g/mol. The molecule has 0 radical (unpaired) electrons. The molecule has 1 aliphatic heterocycles.